The molecule has 0 saturated carbocycles. The number of halogens is 1. The average Bonchev–Trinajstić information content (AvgIpc) is 2.53. The van der Waals surface area contributed by atoms with Crippen LogP contribution in [-0.2, 0) is 4.79 Å². The van der Waals surface area contributed by atoms with E-state index in [1.807, 2.05) is 42.5 Å². The first-order chi connectivity index (χ1) is 10.6. The third-order valence-corrected chi connectivity index (χ3v) is 3.63. The molecule has 22 heavy (non-hydrogen) atoms. The molecule has 0 spiro atoms. The quantitative estimate of drug-likeness (QED) is 0.748. The van der Waals surface area contributed by atoms with Gasteiger partial charge >= 0.3 is 0 Å². The zero-order valence-corrected chi connectivity index (χ0v) is 12.4. The molecule has 0 aliphatic heterocycles. The summed E-state index contributed by atoms with van der Waals surface area (Å²) in [5.74, 6) is -0.495. The van der Waals surface area contributed by atoms with Crippen molar-refractivity contribution in [3.05, 3.63) is 83.0 Å². The fourth-order valence-electron chi connectivity index (χ4n) is 2.42. The molecule has 4 heteroatoms. The number of primary amides is 1. The van der Waals surface area contributed by atoms with Crippen molar-refractivity contribution in [1.82, 2.24) is 4.98 Å². The number of carbonyl (C=O) groups is 1. The Labute approximate surface area is 133 Å². The number of pyridine rings is 1. The van der Waals surface area contributed by atoms with E-state index in [4.69, 9.17) is 17.3 Å². The summed E-state index contributed by atoms with van der Waals surface area (Å²) in [7, 11) is 0. The van der Waals surface area contributed by atoms with Crippen LogP contribution in [-0.4, -0.2) is 10.9 Å². The molecule has 0 bridgehead atoms. The molecule has 2 aromatic carbocycles. The molecule has 3 nitrogen and oxygen atoms in total. The van der Waals surface area contributed by atoms with Crippen LogP contribution in [0.15, 0.2) is 66.9 Å². The minimum atomic E-state index is -0.495. The number of hydrogen-bond acceptors (Lipinski definition) is 2. The largest absolute Gasteiger partial charge is 0.366 e. The van der Waals surface area contributed by atoms with E-state index in [2.05, 4.69) is 4.98 Å². The maximum Gasteiger partial charge on any atom is 0.242 e. The highest BCUT2D eigenvalue weighted by Crippen LogP contribution is 2.29. The molecule has 0 saturated heterocycles. The first-order valence-electron chi connectivity index (χ1n) is 6.76. The van der Waals surface area contributed by atoms with E-state index >= 15 is 0 Å². The summed E-state index contributed by atoms with van der Waals surface area (Å²) in [5.41, 5.74) is 8.79. The molecular weight excluding hydrogens is 296 g/mol. The second-order valence-electron chi connectivity index (χ2n) is 4.84. The minimum Gasteiger partial charge on any atom is -0.366 e. The molecule has 0 aliphatic carbocycles. The zero-order valence-electron chi connectivity index (χ0n) is 11.7. The lowest BCUT2D eigenvalue weighted by molar-refractivity contribution is -0.113. The van der Waals surface area contributed by atoms with Crippen LogP contribution in [0.5, 0.6) is 0 Å². The molecule has 0 atom stereocenters. The Bertz CT molecular complexity index is 864. The van der Waals surface area contributed by atoms with Crippen LogP contribution in [0, 0.1) is 0 Å². The molecule has 3 aromatic rings. The van der Waals surface area contributed by atoms with Gasteiger partial charge in [0.2, 0.25) is 5.91 Å². The number of nitrogens with two attached hydrogens (primary N) is 1. The third-order valence-electron chi connectivity index (χ3n) is 3.38. The van der Waals surface area contributed by atoms with Crippen LogP contribution in [0.4, 0.5) is 0 Å². The van der Waals surface area contributed by atoms with Gasteiger partial charge < -0.3 is 5.73 Å². The number of amides is 1. The Balaban J connectivity index is 2.25. The number of hydrogen-bond donors (Lipinski definition) is 1. The molecule has 0 fully saturated rings. The predicted molar refractivity (Wildman–Crippen MR) is 89.5 cm³/mol. The lowest BCUT2D eigenvalue weighted by Crippen LogP contribution is -2.07. The molecule has 1 heterocycles. The van der Waals surface area contributed by atoms with Gasteiger partial charge in [-0.1, -0.05) is 41.9 Å². The number of benzene rings is 2. The van der Waals surface area contributed by atoms with Gasteiger partial charge in [0.15, 0.2) is 0 Å². The Kier molecular flexibility index (Phi) is 3.90. The number of fused-ring (bicyclic) bond motifs is 1. The van der Waals surface area contributed by atoms with Crippen LogP contribution in [0.1, 0.15) is 11.1 Å². The Morgan fingerprint density at radius 3 is 2.50 bits per heavy atom. The normalized spacial score (nSPS) is 11.6. The van der Waals surface area contributed by atoms with E-state index in [9.17, 15) is 4.79 Å². The van der Waals surface area contributed by atoms with Gasteiger partial charge in [-0.3, -0.25) is 9.78 Å². The van der Waals surface area contributed by atoms with Crippen molar-refractivity contribution in [1.29, 1.82) is 0 Å². The van der Waals surface area contributed by atoms with E-state index < -0.39 is 5.91 Å². The second kappa shape index (κ2) is 6.00. The van der Waals surface area contributed by atoms with Crippen molar-refractivity contribution in [2.75, 3.05) is 0 Å². The number of aromatic nitrogens is 1. The number of rotatable bonds is 3. The summed E-state index contributed by atoms with van der Waals surface area (Å²) >= 11 is 5.94. The molecule has 0 unspecified atom stereocenters. The van der Waals surface area contributed by atoms with Crippen molar-refractivity contribution in [2.24, 2.45) is 5.73 Å². The van der Waals surface area contributed by atoms with Crippen LogP contribution in [0.3, 0.4) is 0 Å². The summed E-state index contributed by atoms with van der Waals surface area (Å²) in [5, 5.41) is 1.61. The minimum absolute atomic E-state index is 0.495. The molecule has 1 aromatic heterocycles. The highest BCUT2D eigenvalue weighted by molar-refractivity contribution is 6.30. The molecular formula is C18H13ClN2O. The second-order valence-corrected chi connectivity index (χ2v) is 5.28. The maximum atomic E-state index is 11.5. The summed E-state index contributed by atoms with van der Waals surface area (Å²) < 4.78 is 0. The van der Waals surface area contributed by atoms with Gasteiger partial charge in [-0.2, -0.15) is 0 Å². The maximum absolute atomic E-state index is 11.5. The molecule has 1 amide bonds. The summed E-state index contributed by atoms with van der Waals surface area (Å²) in [4.78, 5) is 15.8. The smallest absolute Gasteiger partial charge is 0.242 e. The molecule has 2 N–H and O–H groups in total. The average molecular weight is 309 g/mol. The highest BCUT2D eigenvalue weighted by Gasteiger charge is 2.10. The molecule has 108 valence electrons. The number of nitrogens with zero attached hydrogens (tertiary/aromatic N) is 1. The number of para-hydroxylation sites is 1. The van der Waals surface area contributed by atoms with Gasteiger partial charge in [0.05, 0.1) is 5.52 Å². The van der Waals surface area contributed by atoms with Gasteiger partial charge in [0.25, 0.3) is 0 Å². The molecule has 3 rings (SSSR count). The summed E-state index contributed by atoms with van der Waals surface area (Å²) in [6, 6.07) is 17.0. The predicted octanol–water partition coefficient (Wildman–Crippen LogP) is 3.81. The Hall–Kier alpha value is -2.65. The summed E-state index contributed by atoms with van der Waals surface area (Å²) in [6.45, 7) is 0. The van der Waals surface area contributed by atoms with E-state index in [0.29, 0.717) is 5.02 Å². The standard InChI is InChI=1S/C18H13ClN2O/c19-13-7-5-12(6-8-13)16(11-18(20)22)14-9-10-21-17-4-2-1-3-15(14)17/h1-11H,(H2,20,22). The van der Waals surface area contributed by atoms with Crippen molar-refractivity contribution in [2.45, 2.75) is 0 Å². The van der Waals surface area contributed by atoms with Crippen LogP contribution >= 0.6 is 11.6 Å². The lowest BCUT2D eigenvalue weighted by Gasteiger charge is -2.11. The lowest BCUT2D eigenvalue weighted by atomic mass is 9.94. The van der Waals surface area contributed by atoms with E-state index in [1.165, 1.54) is 6.08 Å². The van der Waals surface area contributed by atoms with Crippen LogP contribution < -0.4 is 5.73 Å². The first kappa shape index (κ1) is 14.3. The van der Waals surface area contributed by atoms with Crippen LogP contribution in [0.2, 0.25) is 5.02 Å². The molecule has 0 radical (unpaired) electrons. The van der Waals surface area contributed by atoms with Gasteiger partial charge in [0, 0.05) is 22.7 Å². The monoisotopic (exact) mass is 308 g/mol. The zero-order chi connectivity index (χ0) is 15.5. The van der Waals surface area contributed by atoms with Crippen molar-refractivity contribution >= 4 is 34.0 Å². The Morgan fingerprint density at radius 2 is 1.77 bits per heavy atom. The van der Waals surface area contributed by atoms with E-state index in [0.717, 1.165) is 27.6 Å². The highest BCUT2D eigenvalue weighted by atomic mass is 35.5. The van der Waals surface area contributed by atoms with Gasteiger partial charge in [-0.25, -0.2) is 0 Å². The van der Waals surface area contributed by atoms with E-state index in [1.54, 1.807) is 18.3 Å². The molecule has 0 aliphatic rings. The van der Waals surface area contributed by atoms with Crippen molar-refractivity contribution in [3.8, 4) is 0 Å². The fourth-order valence-corrected chi connectivity index (χ4v) is 2.55. The fraction of sp³-hybridized carbons (Fsp3) is 0. The Morgan fingerprint density at radius 1 is 1.05 bits per heavy atom. The van der Waals surface area contributed by atoms with Crippen molar-refractivity contribution in [3.63, 3.8) is 0 Å². The van der Waals surface area contributed by atoms with Gasteiger partial charge in [-0.15, -0.1) is 0 Å². The topological polar surface area (TPSA) is 56.0 Å². The van der Waals surface area contributed by atoms with Gasteiger partial charge in [0.1, 0.15) is 0 Å². The number of carbonyl (C=O) groups excluding carboxylic acids is 1. The van der Waals surface area contributed by atoms with Crippen molar-refractivity contribution < 1.29 is 4.79 Å². The van der Waals surface area contributed by atoms with Crippen LogP contribution in [0.25, 0.3) is 16.5 Å². The SMILES string of the molecule is NC(=O)C=C(c1ccc(Cl)cc1)c1ccnc2ccccc12. The summed E-state index contributed by atoms with van der Waals surface area (Å²) in [6.07, 6.45) is 3.16. The third kappa shape index (κ3) is 2.85. The van der Waals surface area contributed by atoms with Gasteiger partial charge in [-0.05, 0) is 41.0 Å². The first-order valence-corrected chi connectivity index (χ1v) is 7.14. The van der Waals surface area contributed by atoms with E-state index in [-0.39, 0.29) is 0 Å².